The molecule has 0 aliphatic rings. The summed E-state index contributed by atoms with van der Waals surface area (Å²) in [6, 6.07) is 6.64. The highest BCUT2D eigenvalue weighted by Gasteiger charge is 2.16. The Balaban J connectivity index is 0.00000484. The molecule has 8 heteroatoms. The van der Waals surface area contributed by atoms with Crippen molar-refractivity contribution >= 4 is 29.9 Å². The maximum Gasteiger partial charge on any atom is 0.387 e. The lowest BCUT2D eigenvalue weighted by atomic mass is 10.1. The SMILES string of the molecule is CN=C(NCc1ccccc1OC(F)F)NCC(C)(C)OC.I. The van der Waals surface area contributed by atoms with E-state index in [0.717, 1.165) is 0 Å². The van der Waals surface area contributed by atoms with Gasteiger partial charge < -0.3 is 20.1 Å². The number of guanidine groups is 1. The van der Waals surface area contributed by atoms with E-state index in [9.17, 15) is 8.78 Å². The standard InChI is InChI=1S/C15H23F2N3O2.HI/c1-15(2,21-4)10-20-14(18-3)19-9-11-7-5-6-8-12(11)22-13(16)17;/h5-8,13H,9-10H2,1-4H3,(H2,18,19,20);1H. The van der Waals surface area contributed by atoms with Crippen LogP contribution in [0.4, 0.5) is 8.78 Å². The average Bonchev–Trinajstić information content (AvgIpc) is 2.48. The summed E-state index contributed by atoms with van der Waals surface area (Å²) in [7, 11) is 3.27. The van der Waals surface area contributed by atoms with Crippen LogP contribution < -0.4 is 15.4 Å². The zero-order chi connectivity index (χ0) is 16.6. The quantitative estimate of drug-likeness (QED) is 0.387. The van der Waals surface area contributed by atoms with Gasteiger partial charge in [-0.05, 0) is 19.9 Å². The van der Waals surface area contributed by atoms with Gasteiger partial charge in [0, 0.05) is 32.8 Å². The fourth-order valence-electron chi connectivity index (χ4n) is 1.63. The molecule has 1 rings (SSSR count). The van der Waals surface area contributed by atoms with Gasteiger partial charge in [-0.3, -0.25) is 4.99 Å². The number of hydrogen-bond acceptors (Lipinski definition) is 3. The lowest BCUT2D eigenvalue weighted by Gasteiger charge is -2.24. The molecule has 0 radical (unpaired) electrons. The van der Waals surface area contributed by atoms with E-state index in [1.54, 1.807) is 32.4 Å². The number of halogens is 3. The molecule has 1 aromatic carbocycles. The van der Waals surface area contributed by atoms with Crippen LogP contribution in [0.5, 0.6) is 5.75 Å². The smallest absolute Gasteiger partial charge is 0.387 e. The lowest BCUT2D eigenvalue weighted by Crippen LogP contribution is -2.45. The molecule has 0 heterocycles. The number of rotatable bonds is 7. The first-order valence-corrected chi connectivity index (χ1v) is 6.90. The highest BCUT2D eigenvalue weighted by molar-refractivity contribution is 14.0. The molecule has 0 bridgehead atoms. The predicted octanol–water partition coefficient (Wildman–Crippen LogP) is 3.00. The number of methoxy groups -OCH3 is 1. The van der Waals surface area contributed by atoms with Crippen LogP contribution in [0.3, 0.4) is 0 Å². The van der Waals surface area contributed by atoms with Crippen LogP contribution in [0.1, 0.15) is 19.4 Å². The maximum atomic E-state index is 12.4. The molecule has 0 aromatic heterocycles. The van der Waals surface area contributed by atoms with Crippen molar-refractivity contribution in [3.63, 3.8) is 0 Å². The van der Waals surface area contributed by atoms with E-state index in [1.807, 2.05) is 13.8 Å². The Morgan fingerprint density at radius 3 is 2.48 bits per heavy atom. The minimum atomic E-state index is -2.85. The summed E-state index contributed by atoms with van der Waals surface area (Å²) >= 11 is 0. The van der Waals surface area contributed by atoms with Crippen LogP contribution in [0, 0.1) is 0 Å². The van der Waals surface area contributed by atoms with Crippen molar-refractivity contribution in [3.8, 4) is 5.75 Å². The predicted molar refractivity (Wildman–Crippen MR) is 97.8 cm³/mol. The fraction of sp³-hybridized carbons (Fsp3) is 0.533. The zero-order valence-electron chi connectivity index (χ0n) is 13.7. The second-order valence-corrected chi connectivity index (χ2v) is 5.23. The number of benzene rings is 1. The van der Waals surface area contributed by atoms with Crippen LogP contribution in [0.15, 0.2) is 29.3 Å². The summed E-state index contributed by atoms with van der Waals surface area (Å²) in [6.07, 6.45) is 0. The molecule has 0 spiro atoms. The normalized spacial score (nSPS) is 11.9. The monoisotopic (exact) mass is 443 g/mol. The van der Waals surface area contributed by atoms with Gasteiger partial charge in [0.15, 0.2) is 5.96 Å². The molecule has 5 nitrogen and oxygen atoms in total. The van der Waals surface area contributed by atoms with Crippen LogP contribution in [-0.4, -0.2) is 38.9 Å². The zero-order valence-corrected chi connectivity index (χ0v) is 16.1. The van der Waals surface area contributed by atoms with Gasteiger partial charge in [-0.15, -0.1) is 24.0 Å². The number of nitrogens with one attached hydrogen (secondary N) is 2. The van der Waals surface area contributed by atoms with Crippen molar-refractivity contribution in [2.75, 3.05) is 20.7 Å². The molecule has 0 aliphatic carbocycles. The first-order chi connectivity index (χ1) is 10.4. The Bertz CT molecular complexity index is 499. The van der Waals surface area contributed by atoms with E-state index in [0.29, 0.717) is 24.6 Å². The van der Waals surface area contributed by atoms with Gasteiger partial charge >= 0.3 is 6.61 Å². The number of ether oxygens (including phenoxy) is 2. The Morgan fingerprint density at radius 1 is 1.26 bits per heavy atom. The Labute approximate surface area is 152 Å². The number of para-hydroxylation sites is 1. The van der Waals surface area contributed by atoms with Gasteiger partial charge in [0.2, 0.25) is 0 Å². The lowest BCUT2D eigenvalue weighted by molar-refractivity contribution is -0.0504. The maximum absolute atomic E-state index is 12.4. The van der Waals surface area contributed by atoms with Crippen molar-refractivity contribution in [1.82, 2.24) is 10.6 Å². The summed E-state index contributed by atoms with van der Waals surface area (Å²) in [5.41, 5.74) is 0.283. The first kappa shape index (κ1) is 21.8. The number of aliphatic imine (C=N–C) groups is 1. The Kier molecular flexibility index (Phi) is 10.1. The van der Waals surface area contributed by atoms with Gasteiger partial charge in [0.05, 0.1) is 5.60 Å². The third-order valence-electron chi connectivity index (χ3n) is 3.09. The van der Waals surface area contributed by atoms with Crippen molar-refractivity contribution in [3.05, 3.63) is 29.8 Å². The molecule has 23 heavy (non-hydrogen) atoms. The number of nitrogens with zero attached hydrogens (tertiary/aromatic N) is 1. The Morgan fingerprint density at radius 2 is 1.91 bits per heavy atom. The minimum Gasteiger partial charge on any atom is -0.434 e. The topological polar surface area (TPSA) is 54.9 Å². The number of hydrogen-bond donors (Lipinski definition) is 2. The first-order valence-electron chi connectivity index (χ1n) is 6.90. The summed E-state index contributed by atoms with van der Waals surface area (Å²) in [5.74, 6) is 0.703. The molecular weight excluding hydrogens is 419 g/mol. The van der Waals surface area contributed by atoms with Crippen LogP contribution in [-0.2, 0) is 11.3 Å². The molecule has 0 atom stereocenters. The van der Waals surface area contributed by atoms with Crippen LogP contribution >= 0.6 is 24.0 Å². The molecule has 0 aliphatic heterocycles. The molecular formula is C15H24F2IN3O2. The highest BCUT2D eigenvalue weighted by atomic mass is 127. The summed E-state index contributed by atoms with van der Waals surface area (Å²) in [4.78, 5) is 4.08. The number of alkyl halides is 2. The molecule has 0 saturated heterocycles. The van der Waals surface area contributed by atoms with Gasteiger partial charge in [-0.1, -0.05) is 18.2 Å². The third-order valence-corrected chi connectivity index (χ3v) is 3.09. The molecule has 0 amide bonds. The van der Waals surface area contributed by atoms with E-state index < -0.39 is 6.61 Å². The third kappa shape index (κ3) is 8.31. The second-order valence-electron chi connectivity index (χ2n) is 5.23. The van der Waals surface area contributed by atoms with E-state index in [1.165, 1.54) is 6.07 Å². The van der Waals surface area contributed by atoms with Crippen molar-refractivity contribution in [1.29, 1.82) is 0 Å². The van der Waals surface area contributed by atoms with Gasteiger partial charge in [-0.2, -0.15) is 8.78 Å². The average molecular weight is 443 g/mol. The highest BCUT2D eigenvalue weighted by Crippen LogP contribution is 2.19. The largest absolute Gasteiger partial charge is 0.434 e. The van der Waals surface area contributed by atoms with Crippen molar-refractivity contribution < 1.29 is 18.3 Å². The summed E-state index contributed by atoms with van der Waals surface area (Å²) in [5, 5.41) is 6.17. The van der Waals surface area contributed by atoms with Gasteiger partial charge in [-0.25, -0.2) is 0 Å². The van der Waals surface area contributed by atoms with Gasteiger partial charge in [0.25, 0.3) is 0 Å². The van der Waals surface area contributed by atoms with E-state index >= 15 is 0 Å². The summed E-state index contributed by atoms with van der Waals surface area (Å²) < 4.78 is 34.5. The second kappa shape index (κ2) is 10.6. The van der Waals surface area contributed by atoms with Gasteiger partial charge in [0.1, 0.15) is 5.75 Å². The fourth-order valence-corrected chi connectivity index (χ4v) is 1.63. The molecule has 132 valence electrons. The minimum absolute atomic E-state index is 0. The Hall–Kier alpha value is -1.16. The molecule has 0 fully saturated rings. The van der Waals surface area contributed by atoms with Crippen LogP contribution in [0.2, 0.25) is 0 Å². The van der Waals surface area contributed by atoms with E-state index in [-0.39, 0.29) is 35.3 Å². The van der Waals surface area contributed by atoms with Crippen molar-refractivity contribution in [2.45, 2.75) is 32.6 Å². The molecule has 0 saturated carbocycles. The van der Waals surface area contributed by atoms with Crippen LogP contribution in [0.25, 0.3) is 0 Å². The molecule has 1 aromatic rings. The van der Waals surface area contributed by atoms with E-state index in [4.69, 9.17) is 4.74 Å². The molecule has 2 N–H and O–H groups in total. The van der Waals surface area contributed by atoms with E-state index in [2.05, 4.69) is 20.4 Å². The molecule has 0 unspecified atom stereocenters. The van der Waals surface area contributed by atoms with Crippen molar-refractivity contribution in [2.24, 2.45) is 4.99 Å². The summed E-state index contributed by atoms with van der Waals surface area (Å²) in [6.45, 7) is 1.91.